The van der Waals surface area contributed by atoms with Gasteiger partial charge in [-0.25, -0.2) is 4.79 Å². The number of hydrogen-bond donors (Lipinski definition) is 13. The summed E-state index contributed by atoms with van der Waals surface area (Å²) in [6, 6.07) is 16.9. The van der Waals surface area contributed by atoms with Gasteiger partial charge in [0, 0.05) is 0 Å². The molecule has 0 spiro atoms. The summed E-state index contributed by atoms with van der Waals surface area (Å²) in [7, 11) is 0. The maximum atomic E-state index is 13.6. The zero-order valence-corrected chi connectivity index (χ0v) is 37.0. The normalized spacial score (nSPS) is 31.9. The van der Waals surface area contributed by atoms with Crippen molar-refractivity contribution < 1.29 is 123 Å². The van der Waals surface area contributed by atoms with Crippen LogP contribution in [0.3, 0.4) is 0 Å². The van der Waals surface area contributed by atoms with Crippen molar-refractivity contribution in [3.8, 4) is 17.2 Å². The van der Waals surface area contributed by atoms with E-state index in [1.807, 2.05) is 0 Å². The molecule has 3 heterocycles. The Morgan fingerprint density at radius 1 is 0.414 bits per heavy atom. The lowest BCUT2D eigenvalue weighted by Crippen LogP contribution is -2.60. The molecule has 0 bridgehead atoms. The predicted molar refractivity (Wildman–Crippen MR) is 226 cm³/mol. The minimum Gasteiger partial charge on any atom is -0.462 e. The molecule has 6 rings (SSSR count). The molecule has 386 valence electrons. The minimum absolute atomic E-state index is 0.0911. The van der Waals surface area contributed by atoms with E-state index in [1.54, 1.807) is 0 Å². The number of esters is 3. The first-order valence-corrected chi connectivity index (χ1v) is 21.7. The monoisotopic (exact) mass is 996 g/mol. The first kappa shape index (κ1) is 54.2. The molecule has 25 nitrogen and oxygen atoms in total. The molecule has 0 aliphatic carbocycles. The number of carbonyl (C=O) groups is 3. The summed E-state index contributed by atoms with van der Waals surface area (Å²) < 4.78 is 48.6. The van der Waals surface area contributed by atoms with E-state index in [1.165, 1.54) is 72.8 Å². The number of ether oxygens (including phenoxy) is 9. The van der Waals surface area contributed by atoms with Gasteiger partial charge in [0.05, 0.1) is 32.7 Å². The van der Waals surface area contributed by atoms with Crippen LogP contribution in [-0.4, -0.2) is 202 Å². The van der Waals surface area contributed by atoms with E-state index in [0.29, 0.717) is 16.7 Å². The van der Waals surface area contributed by atoms with Gasteiger partial charge in [-0.3, -0.25) is 9.59 Å². The number of benzene rings is 3. The average molecular weight is 997 g/mol. The Morgan fingerprint density at radius 3 is 0.957 bits per heavy atom. The van der Waals surface area contributed by atoms with Crippen LogP contribution in [-0.2, 0) is 62.6 Å². The fourth-order valence-electron chi connectivity index (χ4n) is 7.29. The summed E-state index contributed by atoms with van der Waals surface area (Å²) in [5.74, 6) is -3.41. The van der Waals surface area contributed by atoms with Gasteiger partial charge < -0.3 is 109 Å². The molecule has 25 heteroatoms. The van der Waals surface area contributed by atoms with Crippen LogP contribution in [0.2, 0.25) is 0 Å². The number of aliphatic hydroxyl groups excluding tert-OH is 12. The van der Waals surface area contributed by atoms with Crippen molar-refractivity contribution in [2.45, 2.75) is 130 Å². The number of hydrogen-bond acceptors (Lipinski definition) is 25. The summed E-state index contributed by atoms with van der Waals surface area (Å²) in [5.41, 5.74) is -1.82. The SMILES string of the molecule is O=C(CC(O)(CC(=O)OCc1ccc(O[C@H]2O[C@@H](CO)[C@H](O)[C@@H](O)[C@@H]2O)cc1)C(=O)OCc1ccc(O[C@@H]2O[C@H](CO)[C@H](O)[C@H](O)[C@@H]2O)cc1)OCc1ccc(O[C@@H]2O[C@H](CO)[C@H](O)[C@H](O)[C@@H]2O)cc1. The van der Waals surface area contributed by atoms with E-state index < -0.39 is 168 Å². The molecule has 3 aromatic rings. The molecule has 70 heavy (non-hydrogen) atoms. The third-order valence-electron chi connectivity index (χ3n) is 11.5. The molecule has 1 unspecified atom stereocenters. The highest BCUT2D eigenvalue weighted by Crippen LogP contribution is 2.29. The molecule has 3 aromatic carbocycles. The first-order chi connectivity index (χ1) is 33.3. The third kappa shape index (κ3) is 13.4. The molecule has 3 fully saturated rings. The smallest absolute Gasteiger partial charge is 0.339 e. The van der Waals surface area contributed by atoms with Crippen LogP contribution < -0.4 is 14.2 Å². The van der Waals surface area contributed by atoms with Crippen molar-refractivity contribution in [3.05, 3.63) is 89.5 Å². The number of aliphatic hydroxyl groups is 13. The molecular formula is C45H56O25. The van der Waals surface area contributed by atoms with Gasteiger partial charge in [0.25, 0.3) is 0 Å². The van der Waals surface area contributed by atoms with Crippen molar-refractivity contribution in [1.29, 1.82) is 0 Å². The van der Waals surface area contributed by atoms with Crippen molar-refractivity contribution in [2.24, 2.45) is 0 Å². The number of rotatable bonds is 20. The second-order valence-corrected chi connectivity index (χ2v) is 16.7. The van der Waals surface area contributed by atoms with Gasteiger partial charge in [0.15, 0.2) is 5.60 Å². The van der Waals surface area contributed by atoms with Crippen molar-refractivity contribution in [1.82, 2.24) is 0 Å². The Morgan fingerprint density at radius 2 is 0.686 bits per heavy atom. The van der Waals surface area contributed by atoms with Crippen molar-refractivity contribution >= 4 is 17.9 Å². The Hall–Kier alpha value is -5.17. The topological polar surface area (TPSA) is 397 Å². The number of carbonyl (C=O) groups excluding carboxylic acids is 3. The molecule has 13 N–H and O–H groups in total. The van der Waals surface area contributed by atoms with Crippen LogP contribution >= 0.6 is 0 Å². The lowest BCUT2D eigenvalue weighted by atomic mass is 9.95. The van der Waals surface area contributed by atoms with Gasteiger partial charge in [-0.2, -0.15) is 0 Å². The summed E-state index contributed by atoms with van der Waals surface area (Å²) >= 11 is 0. The Kier molecular flexibility index (Phi) is 18.8. The average Bonchev–Trinajstić information content (AvgIpc) is 3.35. The van der Waals surface area contributed by atoms with E-state index in [2.05, 4.69) is 0 Å². The van der Waals surface area contributed by atoms with Crippen LogP contribution in [0.1, 0.15) is 29.5 Å². The van der Waals surface area contributed by atoms with Crippen LogP contribution in [0.4, 0.5) is 0 Å². The van der Waals surface area contributed by atoms with Gasteiger partial charge >= 0.3 is 17.9 Å². The van der Waals surface area contributed by atoms with Crippen molar-refractivity contribution in [2.75, 3.05) is 19.8 Å². The second-order valence-electron chi connectivity index (χ2n) is 16.7. The Balaban J connectivity index is 1.07. The van der Waals surface area contributed by atoms with E-state index >= 15 is 0 Å². The lowest BCUT2D eigenvalue weighted by molar-refractivity contribution is -0.277. The van der Waals surface area contributed by atoms with Crippen LogP contribution in [0.25, 0.3) is 0 Å². The van der Waals surface area contributed by atoms with Gasteiger partial charge in [-0.1, -0.05) is 36.4 Å². The molecule has 3 aliphatic rings. The highest BCUT2D eigenvalue weighted by molar-refractivity contribution is 5.90. The second kappa shape index (κ2) is 24.3. The molecule has 16 atom stereocenters. The maximum Gasteiger partial charge on any atom is 0.339 e. The summed E-state index contributed by atoms with van der Waals surface area (Å²) in [5, 5.41) is 131. The van der Waals surface area contributed by atoms with E-state index in [0.717, 1.165) is 0 Å². The summed E-state index contributed by atoms with van der Waals surface area (Å²) in [6.45, 7) is -3.36. The van der Waals surface area contributed by atoms with Gasteiger partial charge in [0.1, 0.15) is 110 Å². The quantitative estimate of drug-likeness (QED) is 0.0373. The Labute approximate surface area is 397 Å². The van der Waals surface area contributed by atoms with Gasteiger partial charge in [0.2, 0.25) is 18.9 Å². The maximum absolute atomic E-state index is 13.6. The molecule has 0 saturated carbocycles. The van der Waals surface area contributed by atoms with Crippen LogP contribution in [0, 0.1) is 0 Å². The van der Waals surface area contributed by atoms with Crippen LogP contribution in [0.5, 0.6) is 17.2 Å². The van der Waals surface area contributed by atoms with Crippen LogP contribution in [0.15, 0.2) is 72.8 Å². The molecule has 0 radical (unpaired) electrons. The summed E-state index contributed by atoms with van der Waals surface area (Å²) in [4.78, 5) is 39.9. The molecule has 3 saturated heterocycles. The molecule has 0 amide bonds. The highest BCUT2D eigenvalue weighted by Gasteiger charge is 2.48. The molecular weight excluding hydrogens is 940 g/mol. The first-order valence-electron chi connectivity index (χ1n) is 21.7. The fraction of sp³-hybridized carbons (Fsp3) is 0.533. The van der Waals surface area contributed by atoms with E-state index in [4.69, 9.17) is 42.6 Å². The lowest BCUT2D eigenvalue weighted by Gasteiger charge is -2.39. The zero-order valence-electron chi connectivity index (χ0n) is 37.0. The predicted octanol–water partition coefficient (Wildman–Crippen LogP) is -4.74. The van der Waals surface area contributed by atoms with Gasteiger partial charge in [-0.15, -0.1) is 0 Å². The Bertz CT molecular complexity index is 2040. The zero-order chi connectivity index (χ0) is 50.9. The minimum atomic E-state index is -2.85. The highest BCUT2D eigenvalue weighted by atomic mass is 16.7. The van der Waals surface area contributed by atoms with E-state index in [-0.39, 0.29) is 17.2 Å². The van der Waals surface area contributed by atoms with Crippen molar-refractivity contribution in [3.63, 3.8) is 0 Å². The van der Waals surface area contributed by atoms with Gasteiger partial charge in [-0.05, 0) is 53.1 Å². The van der Waals surface area contributed by atoms with E-state index in [9.17, 15) is 80.8 Å². The third-order valence-corrected chi connectivity index (χ3v) is 11.5. The molecule has 3 aliphatic heterocycles. The largest absolute Gasteiger partial charge is 0.462 e. The summed E-state index contributed by atoms with van der Waals surface area (Å²) in [6.07, 6.45) is -25.1. The standard InChI is InChI=1S/C45H56O25/c46-15-27-32(51)35(54)38(57)41(68-27)65-24-7-1-21(2-8-24)18-62-30(49)13-45(61,44(60)64-20-23-5-11-26(12-6-23)67-43-40(59)37(56)34(53)29(17-48)70-43)14-31(50)63-19-22-3-9-25(10-4-22)66-42-39(58)36(55)33(52)28(16-47)69-42/h1-12,27-29,32-43,46-48,51-59,61H,13-20H2/t27-,28+,29-,32+,33+,34+,35+,36-,37+,38+,39+,40+,41-,42+,43-,45?/m1/s1. The molecule has 0 aromatic heterocycles. The fourth-order valence-corrected chi connectivity index (χ4v) is 7.29.